The Morgan fingerprint density at radius 3 is 3.06 bits per heavy atom. The normalized spacial score (nSPS) is 12.9. The van der Waals surface area contributed by atoms with Gasteiger partial charge in [-0.15, -0.1) is 0 Å². The molecule has 0 aliphatic heterocycles. The van der Waals surface area contributed by atoms with Gasteiger partial charge in [-0.2, -0.15) is 5.10 Å². The van der Waals surface area contributed by atoms with Crippen LogP contribution in [0.2, 0.25) is 0 Å². The summed E-state index contributed by atoms with van der Waals surface area (Å²) in [5, 5.41) is 25.4. The summed E-state index contributed by atoms with van der Waals surface area (Å²) in [5.41, 5.74) is 1.10. The van der Waals surface area contributed by atoms with E-state index in [4.69, 9.17) is 5.11 Å². The number of nitrogens with zero attached hydrogens (tertiary/aromatic N) is 2. The lowest BCUT2D eigenvalue weighted by Crippen LogP contribution is -2.19. The van der Waals surface area contributed by atoms with Crippen molar-refractivity contribution >= 4 is 0 Å². The molecule has 1 unspecified atom stereocenters. The van der Waals surface area contributed by atoms with Crippen molar-refractivity contribution in [3.05, 3.63) is 18.0 Å². The molecular weight excluding hydrogens is 206 g/mol. The van der Waals surface area contributed by atoms with Gasteiger partial charge in [0.2, 0.25) is 0 Å². The van der Waals surface area contributed by atoms with E-state index in [-0.39, 0.29) is 12.7 Å². The number of hydrogen-bond acceptors (Lipinski definition) is 4. The Hall–Kier alpha value is -0.910. The minimum atomic E-state index is -0.204. The number of aromatic nitrogens is 2. The predicted molar refractivity (Wildman–Crippen MR) is 61.9 cm³/mol. The Balaban J connectivity index is 2.16. The zero-order valence-corrected chi connectivity index (χ0v) is 9.76. The van der Waals surface area contributed by atoms with E-state index in [1.165, 1.54) is 0 Å². The number of hydrogen-bond donors (Lipinski definition) is 3. The Kier molecular flexibility index (Phi) is 6.07. The summed E-state index contributed by atoms with van der Waals surface area (Å²) in [6, 6.07) is 0. The molecule has 0 aromatic carbocycles. The van der Waals surface area contributed by atoms with Gasteiger partial charge in [-0.05, 0) is 19.4 Å². The molecule has 0 amide bonds. The molecule has 0 aliphatic rings. The molecule has 0 bridgehead atoms. The highest BCUT2D eigenvalue weighted by Gasteiger charge is 2.01. The van der Waals surface area contributed by atoms with Crippen LogP contribution in [-0.4, -0.2) is 39.2 Å². The fourth-order valence-corrected chi connectivity index (χ4v) is 1.43. The molecule has 92 valence electrons. The van der Waals surface area contributed by atoms with E-state index < -0.39 is 0 Å². The second-order valence-electron chi connectivity index (χ2n) is 3.86. The van der Waals surface area contributed by atoms with E-state index in [0.717, 1.165) is 31.5 Å². The molecule has 0 saturated carbocycles. The third-order valence-electron chi connectivity index (χ3n) is 2.47. The summed E-state index contributed by atoms with van der Waals surface area (Å²) >= 11 is 0. The van der Waals surface area contributed by atoms with E-state index in [1.54, 1.807) is 10.9 Å². The molecule has 1 rings (SSSR count). The second-order valence-corrected chi connectivity index (χ2v) is 3.86. The minimum Gasteiger partial charge on any atom is -0.394 e. The lowest BCUT2D eigenvalue weighted by atomic mass is 10.2. The topological polar surface area (TPSA) is 70.3 Å². The molecule has 1 aromatic heterocycles. The van der Waals surface area contributed by atoms with E-state index >= 15 is 0 Å². The van der Waals surface area contributed by atoms with Crippen LogP contribution in [-0.2, 0) is 13.1 Å². The number of nitrogens with one attached hydrogen (secondary N) is 1. The minimum absolute atomic E-state index is 0.108. The van der Waals surface area contributed by atoms with Crippen molar-refractivity contribution < 1.29 is 10.2 Å². The zero-order chi connectivity index (χ0) is 11.8. The zero-order valence-electron chi connectivity index (χ0n) is 9.76. The quantitative estimate of drug-likeness (QED) is 0.552. The average Bonchev–Trinajstić information content (AvgIpc) is 2.72. The molecule has 0 aliphatic carbocycles. The van der Waals surface area contributed by atoms with Gasteiger partial charge in [-0.3, -0.25) is 4.68 Å². The van der Waals surface area contributed by atoms with Gasteiger partial charge in [0.05, 0.1) is 25.5 Å². The van der Waals surface area contributed by atoms with Crippen LogP contribution in [0.1, 0.15) is 25.3 Å². The summed E-state index contributed by atoms with van der Waals surface area (Å²) in [5.74, 6) is 0. The van der Waals surface area contributed by atoms with Gasteiger partial charge < -0.3 is 15.5 Å². The summed E-state index contributed by atoms with van der Waals surface area (Å²) in [7, 11) is 0. The van der Waals surface area contributed by atoms with Crippen LogP contribution in [0.4, 0.5) is 0 Å². The third-order valence-corrected chi connectivity index (χ3v) is 2.47. The molecule has 0 radical (unpaired) electrons. The third kappa shape index (κ3) is 4.74. The standard InChI is InChI=1S/C11H21N3O2/c1-2-11(16)3-4-12-7-10-8-13-14(9-10)5-6-15/h8-9,11-12,15-16H,2-7H2,1H3. The highest BCUT2D eigenvalue weighted by Crippen LogP contribution is 1.98. The summed E-state index contributed by atoms with van der Waals surface area (Å²) in [4.78, 5) is 0. The average molecular weight is 227 g/mol. The van der Waals surface area contributed by atoms with Crippen molar-refractivity contribution in [2.45, 2.75) is 39.0 Å². The first kappa shape index (κ1) is 13.2. The van der Waals surface area contributed by atoms with Crippen LogP contribution >= 0.6 is 0 Å². The van der Waals surface area contributed by atoms with Crippen LogP contribution in [0.5, 0.6) is 0 Å². The number of aliphatic hydroxyl groups excluding tert-OH is 2. The number of aliphatic hydroxyl groups is 2. The Morgan fingerprint density at radius 2 is 2.38 bits per heavy atom. The Labute approximate surface area is 96.1 Å². The molecule has 1 atom stereocenters. The molecule has 1 aromatic rings. The van der Waals surface area contributed by atoms with Gasteiger partial charge >= 0.3 is 0 Å². The fourth-order valence-electron chi connectivity index (χ4n) is 1.43. The van der Waals surface area contributed by atoms with Crippen molar-refractivity contribution in [1.29, 1.82) is 0 Å². The highest BCUT2D eigenvalue weighted by molar-refractivity contribution is 5.03. The first-order valence-corrected chi connectivity index (χ1v) is 5.77. The maximum Gasteiger partial charge on any atom is 0.0640 e. The summed E-state index contributed by atoms with van der Waals surface area (Å²) in [6.45, 7) is 4.18. The molecule has 5 heteroatoms. The molecular formula is C11H21N3O2. The Bertz CT molecular complexity index is 289. The van der Waals surface area contributed by atoms with Gasteiger partial charge in [-0.1, -0.05) is 6.92 Å². The van der Waals surface area contributed by atoms with Crippen LogP contribution in [0.3, 0.4) is 0 Å². The fraction of sp³-hybridized carbons (Fsp3) is 0.727. The van der Waals surface area contributed by atoms with Gasteiger partial charge in [-0.25, -0.2) is 0 Å². The first-order valence-electron chi connectivity index (χ1n) is 5.77. The number of rotatable bonds is 8. The SMILES string of the molecule is CCC(O)CCNCc1cnn(CCO)c1. The van der Waals surface area contributed by atoms with Crippen LogP contribution in [0, 0.1) is 0 Å². The first-order chi connectivity index (χ1) is 7.76. The summed E-state index contributed by atoms with van der Waals surface area (Å²) < 4.78 is 1.72. The van der Waals surface area contributed by atoms with Crippen molar-refractivity contribution in [2.75, 3.05) is 13.2 Å². The highest BCUT2D eigenvalue weighted by atomic mass is 16.3. The van der Waals surface area contributed by atoms with E-state index in [2.05, 4.69) is 10.4 Å². The molecule has 3 N–H and O–H groups in total. The van der Waals surface area contributed by atoms with Crippen molar-refractivity contribution in [3.8, 4) is 0 Å². The van der Waals surface area contributed by atoms with Crippen LogP contribution in [0.15, 0.2) is 12.4 Å². The van der Waals surface area contributed by atoms with Crippen LogP contribution < -0.4 is 5.32 Å². The Morgan fingerprint density at radius 1 is 1.56 bits per heavy atom. The molecule has 16 heavy (non-hydrogen) atoms. The van der Waals surface area contributed by atoms with Gasteiger partial charge in [0.15, 0.2) is 0 Å². The summed E-state index contributed by atoms with van der Waals surface area (Å²) in [6.07, 6.45) is 5.08. The molecule has 0 fully saturated rings. The second kappa shape index (κ2) is 7.38. The molecule has 1 heterocycles. The van der Waals surface area contributed by atoms with E-state index in [0.29, 0.717) is 6.54 Å². The van der Waals surface area contributed by atoms with E-state index in [9.17, 15) is 5.11 Å². The maximum atomic E-state index is 9.34. The van der Waals surface area contributed by atoms with Crippen molar-refractivity contribution in [2.24, 2.45) is 0 Å². The van der Waals surface area contributed by atoms with E-state index in [1.807, 2.05) is 13.1 Å². The lowest BCUT2D eigenvalue weighted by Gasteiger charge is -2.07. The van der Waals surface area contributed by atoms with Gasteiger partial charge in [0.25, 0.3) is 0 Å². The van der Waals surface area contributed by atoms with Crippen molar-refractivity contribution in [3.63, 3.8) is 0 Å². The molecule has 0 saturated heterocycles. The van der Waals surface area contributed by atoms with Gasteiger partial charge in [0.1, 0.15) is 0 Å². The van der Waals surface area contributed by atoms with Gasteiger partial charge in [0, 0.05) is 18.3 Å². The lowest BCUT2D eigenvalue weighted by molar-refractivity contribution is 0.159. The largest absolute Gasteiger partial charge is 0.394 e. The maximum absolute atomic E-state index is 9.34. The monoisotopic (exact) mass is 227 g/mol. The molecule has 5 nitrogen and oxygen atoms in total. The van der Waals surface area contributed by atoms with Crippen LogP contribution in [0.25, 0.3) is 0 Å². The predicted octanol–water partition coefficient (Wildman–Crippen LogP) is 0.126. The molecule has 0 spiro atoms. The van der Waals surface area contributed by atoms with Crippen molar-refractivity contribution in [1.82, 2.24) is 15.1 Å². The smallest absolute Gasteiger partial charge is 0.0640 e.